The molecule has 0 aromatic heterocycles. The van der Waals surface area contributed by atoms with E-state index in [1.165, 1.54) is 12.8 Å². The fraction of sp³-hybridized carbons (Fsp3) is 0.812. The number of carbonyl (C=O) groups excluding carboxylic acids is 3. The predicted molar refractivity (Wildman–Crippen MR) is 94.7 cm³/mol. The molecule has 0 aromatic carbocycles. The van der Waals surface area contributed by atoms with E-state index in [-0.39, 0.29) is 11.9 Å². The van der Waals surface area contributed by atoms with Crippen molar-refractivity contribution in [2.75, 3.05) is 12.0 Å². The lowest BCUT2D eigenvalue weighted by Crippen LogP contribution is -2.48. The number of esters is 1. The van der Waals surface area contributed by atoms with Crippen LogP contribution in [0.2, 0.25) is 0 Å². The van der Waals surface area contributed by atoms with Crippen LogP contribution in [0.15, 0.2) is 0 Å². The summed E-state index contributed by atoms with van der Waals surface area (Å²) in [6.45, 7) is 1.54. The number of nitrogens with one attached hydrogen (secondary N) is 2. The zero-order valence-corrected chi connectivity index (χ0v) is 15.3. The minimum Gasteiger partial charge on any atom is -0.451 e. The second-order valence-corrected chi connectivity index (χ2v) is 7.10. The Morgan fingerprint density at radius 2 is 1.83 bits per heavy atom. The van der Waals surface area contributed by atoms with Crippen molar-refractivity contribution in [3.63, 3.8) is 0 Å². The highest BCUT2D eigenvalue weighted by Gasteiger charge is 2.26. The summed E-state index contributed by atoms with van der Waals surface area (Å²) in [5.41, 5.74) is 5.09. The van der Waals surface area contributed by atoms with Crippen molar-refractivity contribution >= 4 is 29.7 Å². The van der Waals surface area contributed by atoms with Gasteiger partial charge in [-0.15, -0.1) is 0 Å². The van der Waals surface area contributed by atoms with Gasteiger partial charge in [0, 0.05) is 6.04 Å². The van der Waals surface area contributed by atoms with Crippen molar-refractivity contribution < 1.29 is 19.1 Å². The Labute approximate surface area is 147 Å². The van der Waals surface area contributed by atoms with Crippen LogP contribution in [0, 0.1) is 0 Å². The number of hydrogen-bond donors (Lipinski definition) is 3. The molecule has 0 saturated heterocycles. The zero-order chi connectivity index (χ0) is 17.9. The molecular formula is C16H29N3O4S. The summed E-state index contributed by atoms with van der Waals surface area (Å²) in [5.74, 6) is -0.257. The van der Waals surface area contributed by atoms with E-state index in [0.29, 0.717) is 12.2 Å². The van der Waals surface area contributed by atoms with Crippen molar-refractivity contribution in [2.45, 2.75) is 70.1 Å². The SMILES string of the molecule is CSCC[C@H](NC(N)=O)C(=O)O[C@H](C)C(=O)NC1CCCCCC1. The van der Waals surface area contributed by atoms with E-state index in [1.54, 1.807) is 18.7 Å². The van der Waals surface area contributed by atoms with Crippen molar-refractivity contribution in [1.29, 1.82) is 0 Å². The van der Waals surface area contributed by atoms with Gasteiger partial charge in [0.25, 0.3) is 5.91 Å². The van der Waals surface area contributed by atoms with Gasteiger partial charge in [-0.2, -0.15) is 11.8 Å². The lowest BCUT2D eigenvalue weighted by Gasteiger charge is -2.22. The first-order valence-corrected chi connectivity index (χ1v) is 9.89. The minimum atomic E-state index is -0.896. The number of nitrogens with two attached hydrogens (primary N) is 1. The Morgan fingerprint density at radius 1 is 1.21 bits per heavy atom. The molecule has 1 fully saturated rings. The molecule has 1 saturated carbocycles. The summed E-state index contributed by atoms with van der Waals surface area (Å²) in [6.07, 6.45) is 7.95. The number of ether oxygens (including phenoxy) is 1. The van der Waals surface area contributed by atoms with Crippen LogP contribution in [0.4, 0.5) is 4.79 Å². The lowest BCUT2D eigenvalue weighted by atomic mass is 10.1. The van der Waals surface area contributed by atoms with E-state index < -0.39 is 24.1 Å². The Hall–Kier alpha value is -1.44. The molecule has 0 bridgehead atoms. The Kier molecular flexibility index (Phi) is 9.59. The molecule has 8 heteroatoms. The maximum atomic E-state index is 12.2. The molecule has 0 aliphatic heterocycles. The number of primary amides is 1. The predicted octanol–water partition coefficient (Wildman–Crippen LogP) is 1.55. The van der Waals surface area contributed by atoms with Crippen LogP contribution in [-0.4, -0.2) is 48.1 Å². The molecule has 7 nitrogen and oxygen atoms in total. The first-order valence-electron chi connectivity index (χ1n) is 8.49. The Bertz CT molecular complexity index is 426. The van der Waals surface area contributed by atoms with Crippen LogP contribution in [0.5, 0.6) is 0 Å². The average molecular weight is 359 g/mol. The first-order chi connectivity index (χ1) is 11.4. The third-order valence-electron chi connectivity index (χ3n) is 4.08. The molecule has 1 rings (SSSR count). The molecule has 24 heavy (non-hydrogen) atoms. The van der Waals surface area contributed by atoms with Crippen LogP contribution in [0.3, 0.4) is 0 Å². The summed E-state index contributed by atoms with van der Waals surface area (Å²) in [4.78, 5) is 35.4. The van der Waals surface area contributed by atoms with Gasteiger partial charge in [0.15, 0.2) is 6.10 Å². The topological polar surface area (TPSA) is 111 Å². The fourth-order valence-corrected chi connectivity index (χ4v) is 3.18. The van der Waals surface area contributed by atoms with Gasteiger partial charge in [-0.05, 0) is 38.2 Å². The van der Waals surface area contributed by atoms with Gasteiger partial charge in [0.05, 0.1) is 0 Å². The van der Waals surface area contributed by atoms with E-state index in [9.17, 15) is 14.4 Å². The normalized spacial score (nSPS) is 18.1. The Morgan fingerprint density at radius 3 is 2.38 bits per heavy atom. The smallest absolute Gasteiger partial charge is 0.329 e. The summed E-state index contributed by atoms with van der Waals surface area (Å²) in [7, 11) is 0. The van der Waals surface area contributed by atoms with Crippen molar-refractivity contribution in [1.82, 2.24) is 10.6 Å². The Balaban J connectivity index is 2.49. The quantitative estimate of drug-likeness (QED) is 0.450. The molecule has 0 aromatic rings. The third-order valence-corrected chi connectivity index (χ3v) is 4.72. The molecule has 1 aliphatic rings. The first kappa shape index (κ1) is 20.6. The van der Waals surface area contributed by atoms with Crippen molar-refractivity contribution in [3.8, 4) is 0 Å². The molecule has 2 atom stereocenters. The minimum absolute atomic E-state index is 0.150. The highest BCUT2D eigenvalue weighted by Crippen LogP contribution is 2.17. The van der Waals surface area contributed by atoms with Crippen LogP contribution >= 0.6 is 11.8 Å². The number of carbonyl (C=O) groups is 3. The third kappa shape index (κ3) is 7.90. The summed E-state index contributed by atoms with van der Waals surface area (Å²) in [6, 6.07) is -1.46. The van der Waals surface area contributed by atoms with Gasteiger partial charge in [0.2, 0.25) is 0 Å². The molecule has 0 heterocycles. The summed E-state index contributed by atoms with van der Waals surface area (Å²) in [5, 5.41) is 5.32. The fourth-order valence-electron chi connectivity index (χ4n) is 2.71. The molecule has 0 unspecified atom stereocenters. The number of hydrogen-bond acceptors (Lipinski definition) is 5. The molecule has 1 aliphatic carbocycles. The van der Waals surface area contributed by atoms with Gasteiger partial charge in [-0.3, -0.25) is 4.79 Å². The second kappa shape index (κ2) is 11.2. The van der Waals surface area contributed by atoms with E-state index in [2.05, 4.69) is 10.6 Å². The van der Waals surface area contributed by atoms with Crippen molar-refractivity contribution in [2.24, 2.45) is 5.73 Å². The number of urea groups is 1. The summed E-state index contributed by atoms with van der Waals surface area (Å²) < 4.78 is 5.21. The second-order valence-electron chi connectivity index (χ2n) is 6.12. The monoisotopic (exact) mass is 359 g/mol. The molecule has 138 valence electrons. The maximum absolute atomic E-state index is 12.2. The van der Waals surface area contributed by atoms with Gasteiger partial charge in [-0.1, -0.05) is 25.7 Å². The lowest BCUT2D eigenvalue weighted by molar-refractivity contribution is -0.156. The van der Waals surface area contributed by atoms with Crippen LogP contribution in [0.25, 0.3) is 0 Å². The number of rotatable bonds is 8. The number of thioether (sulfide) groups is 1. The van der Waals surface area contributed by atoms with Crippen LogP contribution in [0.1, 0.15) is 51.9 Å². The zero-order valence-electron chi connectivity index (χ0n) is 14.5. The maximum Gasteiger partial charge on any atom is 0.329 e. The molecule has 3 amide bonds. The summed E-state index contributed by atoms with van der Waals surface area (Å²) >= 11 is 1.55. The van der Waals surface area contributed by atoms with E-state index >= 15 is 0 Å². The molecule has 0 spiro atoms. The van der Waals surface area contributed by atoms with Gasteiger partial charge >= 0.3 is 12.0 Å². The van der Waals surface area contributed by atoms with Gasteiger partial charge in [0.1, 0.15) is 6.04 Å². The standard InChI is InChI=1S/C16H29N3O4S/c1-11(14(20)18-12-7-5-3-4-6-8-12)23-15(21)13(9-10-24-2)19-16(17)22/h11-13H,3-10H2,1-2H3,(H,18,20)(H3,17,19,22)/t11-,13+/m1/s1. The van der Waals surface area contributed by atoms with Gasteiger partial charge < -0.3 is 21.1 Å². The average Bonchev–Trinajstić information content (AvgIpc) is 2.79. The van der Waals surface area contributed by atoms with E-state index in [4.69, 9.17) is 10.5 Å². The molecule has 4 N–H and O–H groups in total. The molecular weight excluding hydrogens is 330 g/mol. The highest BCUT2D eigenvalue weighted by molar-refractivity contribution is 7.98. The highest BCUT2D eigenvalue weighted by atomic mass is 32.2. The van der Waals surface area contributed by atoms with Crippen molar-refractivity contribution in [3.05, 3.63) is 0 Å². The molecule has 0 radical (unpaired) electrons. The van der Waals surface area contributed by atoms with Gasteiger partial charge in [-0.25, -0.2) is 9.59 Å². The van der Waals surface area contributed by atoms with E-state index in [0.717, 1.165) is 25.7 Å². The van der Waals surface area contributed by atoms with Crippen LogP contribution in [-0.2, 0) is 14.3 Å². The number of amides is 3. The van der Waals surface area contributed by atoms with Crippen LogP contribution < -0.4 is 16.4 Å². The van der Waals surface area contributed by atoms with E-state index in [1.807, 2.05) is 6.26 Å². The largest absolute Gasteiger partial charge is 0.451 e.